The largest absolute Gasteiger partial charge is 0.371 e. The van der Waals surface area contributed by atoms with Crippen molar-refractivity contribution in [3.05, 3.63) is 59.7 Å². The standard InChI is InChI=1S/C22H19F2N7O2S/c1-30-12-21(23,24)22(33,19(30)32)14-5-3-4-13(10-14)18-26-16(11-34-18)15-6-8-25-20(27-15)28-17-7-9-31(2)29-17/h3-11,33H,12H2,1-2H3,(H,25,27,28,29)/t22-/m1/s1. The molecule has 174 valence electrons. The number of amides is 1. The minimum atomic E-state index is -3.62. The summed E-state index contributed by atoms with van der Waals surface area (Å²) in [5.41, 5.74) is -1.47. The first-order valence-corrected chi connectivity index (χ1v) is 11.1. The summed E-state index contributed by atoms with van der Waals surface area (Å²) < 4.78 is 30.8. The molecule has 12 heteroatoms. The molecule has 5 rings (SSSR count). The molecule has 0 saturated carbocycles. The first-order chi connectivity index (χ1) is 16.2. The molecule has 3 aromatic heterocycles. The zero-order valence-electron chi connectivity index (χ0n) is 18.1. The van der Waals surface area contributed by atoms with E-state index in [1.165, 1.54) is 36.6 Å². The van der Waals surface area contributed by atoms with Gasteiger partial charge in [-0.25, -0.2) is 23.7 Å². The zero-order chi connectivity index (χ0) is 24.1. The van der Waals surface area contributed by atoms with Crippen molar-refractivity contribution >= 4 is 29.0 Å². The zero-order valence-corrected chi connectivity index (χ0v) is 18.9. The monoisotopic (exact) mass is 483 g/mol. The first kappa shape index (κ1) is 22.0. The van der Waals surface area contributed by atoms with Gasteiger partial charge in [0.2, 0.25) is 11.5 Å². The van der Waals surface area contributed by atoms with Crippen LogP contribution in [-0.2, 0) is 17.4 Å². The highest BCUT2D eigenvalue weighted by Crippen LogP contribution is 2.45. The van der Waals surface area contributed by atoms with Crippen molar-refractivity contribution < 1.29 is 18.7 Å². The van der Waals surface area contributed by atoms with Gasteiger partial charge in [-0.2, -0.15) is 5.10 Å². The summed E-state index contributed by atoms with van der Waals surface area (Å²) >= 11 is 1.29. The fourth-order valence-electron chi connectivity index (χ4n) is 3.81. The fraction of sp³-hybridized carbons (Fsp3) is 0.227. The molecule has 1 saturated heterocycles. The number of hydrogen-bond donors (Lipinski definition) is 2. The number of anilines is 2. The Hall–Kier alpha value is -3.77. The minimum Gasteiger partial charge on any atom is -0.371 e. The smallest absolute Gasteiger partial charge is 0.306 e. The molecule has 4 aromatic rings. The molecule has 0 spiro atoms. The molecule has 34 heavy (non-hydrogen) atoms. The summed E-state index contributed by atoms with van der Waals surface area (Å²) in [5.74, 6) is -3.72. The number of carbonyl (C=O) groups is 1. The quantitative estimate of drug-likeness (QED) is 0.449. The van der Waals surface area contributed by atoms with Crippen LogP contribution in [0.4, 0.5) is 20.5 Å². The SMILES string of the molecule is CN1CC(F)(F)[C@@](O)(c2cccc(-c3nc(-c4ccnc(Nc5ccn(C)n5)n4)cs3)c2)C1=O. The van der Waals surface area contributed by atoms with Crippen molar-refractivity contribution in [2.45, 2.75) is 11.5 Å². The van der Waals surface area contributed by atoms with Crippen molar-refractivity contribution in [2.75, 3.05) is 18.9 Å². The molecular formula is C22H19F2N7O2S. The molecule has 0 unspecified atom stereocenters. The molecule has 2 N–H and O–H groups in total. The highest BCUT2D eigenvalue weighted by atomic mass is 32.1. The Morgan fingerprint density at radius 2 is 1.97 bits per heavy atom. The van der Waals surface area contributed by atoms with E-state index in [0.29, 0.717) is 33.7 Å². The molecule has 1 amide bonds. The predicted molar refractivity (Wildman–Crippen MR) is 122 cm³/mol. The average molecular weight is 484 g/mol. The molecule has 4 heterocycles. The van der Waals surface area contributed by atoms with E-state index in [0.717, 1.165) is 4.90 Å². The summed E-state index contributed by atoms with van der Waals surface area (Å²) in [5, 5.41) is 20.3. The van der Waals surface area contributed by atoms with Crippen molar-refractivity contribution in [1.82, 2.24) is 29.6 Å². The van der Waals surface area contributed by atoms with E-state index in [1.807, 2.05) is 0 Å². The van der Waals surface area contributed by atoms with Crippen LogP contribution in [0.25, 0.3) is 22.0 Å². The van der Waals surface area contributed by atoms with Gasteiger partial charge < -0.3 is 15.3 Å². The van der Waals surface area contributed by atoms with E-state index in [-0.39, 0.29) is 5.56 Å². The lowest BCUT2D eigenvalue weighted by atomic mass is 9.88. The topological polar surface area (TPSA) is 109 Å². The van der Waals surface area contributed by atoms with Crippen LogP contribution in [0.2, 0.25) is 0 Å². The number of thiazole rings is 1. The van der Waals surface area contributed by atoms with Gasteiger partial charge in [-0.3, -0.25) is 9.48 Å². The highest BCUT2D eigenvalue weighted by Gasteiger charge is 2.66. The van der Waals surface area contributed by atoms with E-state index in [2.05, 4.69) is 25.4 Å². The maximum atomic E-state index is 14.6. The van der Waals surface area contributed by atoms with Crippen molar-refractivity contribution in [1.29, 1.82) is 0 Å². The molecule has 1 fully saturated rings. The lowest BCUT2D eigenvalue weighted by molar-refractivity contribution is -0.173. The number of likely N-dealkylation sites (tertiary alicyclic amines) is 1. The number of likely N-dealkylation sites (N-methyl/N-ethyl adjacent to an activating group) is 1. The summed E-state index contributed by atoms with van der Waals surface area (Å²) in [6.07, 6.45) is 3.38. The third-order valence-electron chi connectivity index (χ3n) is 5.52. The van der Waals surface area contributed by atoms with Gasteiger partial charge in [0.05, 0.1) is 12.2 Å². The summed E-state index contributed by atoms with van der Waals surface area (Å²) in [4.78, 5) is 26.5. The third-order valence-corrected chi connectivity index (χ3v) is 6.42. The molecule has 0 bridgehead atoms. The Labute approximate surface area is 196 Å². The lowest BCUT2D eigenvalue weighted by Gasteiger charge is -2.27. The summed E-state index contributed by atoms with van der Waals surface area (Å²) in [6, 6.07) is 9.39. The fourth-order valence-corrected chi connectivity index (χ4v) is 4.62. The number of alkyl halides is 2. The van der Waals surface area contributed by atoms with Crippen LogP contribution >= 0.6 is 11.3 Å². The van der Waals surface area contributed by atoms with Crippen LogP contribution in [0, 0.1) is 0 Å². The van der Waals surface area contributed by atoms with Gasteiger partial charge in [-0.1, -0.05) is 18.2 Å². The molecular weight excluding hydrogens is 464 g/mol. The van der Waals surface area contributed by atoms with Gasteiger partial charge >= 0.3 is 5.92 Å². The van der Waals surface area contributed by atoms with E-state index in [4.69, 9.17) is 0 Å². The van der Waals surface area contributed by atoms with Crippen LogP contribution in [0.15, 0.2) is 54.2 Å². The Kier molecular flexibility index (Phi) is 5.14. The second-order valence-electron chi connectivity index (χ2n) is 7.96. The van der Waals surface area contributed by atoms with E-state index >= 15 is 0 Å². The minimum absolute atomic E-state index is 0.176. The molecule has 9 nitrogen and oxygen atoms in total. The number of aryl methyl sites for hydroxylation is 1. The number of nitrogens with one attached hydrogen (secondary N) is 1. The van der Waals surface area contributed by atoms with Crippen molar-refractivity contribution in [3.8, 4) is 22.0 Å². The number of carbonyl (C=O) groups excluding carboxylic acids is 1. The molecule has 1 aliphatic heterocycles. The predicted octanol–water partition coefficient (Wildman–Crippen LogP) is 3.04. The number of aromatic nitrogens is 5. The van der Waals surface area contributed by atoms with Gasteiger partial charge in [0.15, 0.2) is 5.82 Å². The van der Waals surface area contributed by atoms with Crippen LogP contribution in [-0.4, -0.2) is 60.2 Å². The number of nitrogens with zero attached hydrogens (tertiary/aromatic N) is 6. The number of benzene rings is 1. The molecule has 1 aliphatic rings. The normalized spacial score (nSPS) is 19.6. The van der Waals surface area contributed by atoms with Crippen molar-refractivity contribution in [2.24, 2.45) is 7.05 Å². The van der Waals surface area contributed by atoms with Crippen LogP contribution in [0.5, 0.6) is 0 Å². The summed E-state index contributed by atoms with van der Waals surface area (Å²) in [6.45, 7) is -0.851. The van der Waals surface area contributed by atoms with Gasteiger partial charge in [0, 0.05) is 43.5 Å². The van der Waals surface area contributed by atoms with Gasteiger partial charge in [-0.05, 0) is 17.7 Å². The Morgan fingerprint density at radius 3 is 2.68 bits per heavy atom. The number of aliphatic hydroxyl groups is 1. The molecule has 1 aromatic carbocycles. The van der Waals surface area contributed by atoms with Crippen LogP contribution < -0.4 is 5.32 Å². The van der Waals surface area contributed by atoms with E-state index in [9.17, 15) is 18.7 Å². The van der Waals surface area contributed by atoms with Crippen molar-refractivity contribution in [3.63, 3.8) is 0 Å². The van der Waals surface area contributed by atoms with Gasteiger partial charge in [0.25, 0.3) is 5.91 Å². The van der Waals surface area contributed by atoms with E-state index < -0.39 is 24.0 Å². The maximum Gasteiger partial charge on any atom is 0.306 e. The Morgan fingerprint density at radius 1 is 1.15 bits per heavy atom. The summed E-state index contributed by atoms with van der Waals surface area (Å²) in [7, 11) is 3.04. The molecule has 0 radical (unpaired) electrons. The van der Waals surface area contributed by atoms with Crippen LogP contribution in [0.3, 0.4) is 0 Å². The molecule has 0 aliphatic carbocycles. The molecule has 1 atom stereocenters. The highest BCUT2D eigenvalue weighted by molar-refractivity contribution is 7.13. The number of hydrogen-bond acceptors (Lipinski definition) is 8. The first-order valence-electron chi connectivity index (χ1n) is 10.2. The Bertz CT molecular complexity index is 1390. The average Bonchev–Trinajstić information content (AvgIpc) is 3.50. The second kappa shape index (κ2) is 7.92. The Balaban J connectivity index is 1.44. The number of halogens is 2. The van der Waals surface area contributed by atoms with Gasteiger partial charge in [-0.15, -0.1) is 11.3 Å². The van der Waals surface area contributed by atoms with E-state index in [1.54, 1.807) is 47.7 Å². The van der Waals surface area contributed by atoms with Gasteiger partial charge in [0.1, 0.15) is 10.7 Å². The third kappa shape index (κ3) is 3.60. The number of rotatable bonds is 5. The lowest BCUT2D eigenvalue weighted by Crippen LogP contribution is -2.47. The maximum absolute atomic E-state index is 14.6. The van der Waals surface area contributed by atoms with Crippen LogP contribution in [0.1, 0.15) is 5.56 Å². The second-order valence-corrected chi connectivity index (χ2v) is 8.82.